The molecule has 2 rings (SSSR count). The van der Waals surface area contributed by atoms with Crippen LogP contribution >= 0.6 is 15.9 Å². The zero-order valence-corrected chi connectivity index (χ0v) is 12.0. The van der Waals surface area contributed by atoms with Crippen molar-refractivity contribution in [3.05, 3.63) is 28.5 Å². The molecule has 0 amide bonds. The number of hydrogen-bond acceptors (Lipinski definition) is 3. The molecule has 1 aromatic rings. The van der Waals surface area contributed by atoms with Gasteiger partial charge in [0.1, 0.15) is 5.60 Å². The van der Waals surface area contributed by atoms with Crippen LogP contribution < -0.4 is 0 Å². The van der Waals surface area contributed by atoms with Crippen molar-refractivity contribution in [1.29, 1.82) is 0 Å². The van der Waals surface area contributed by atoms with E-state index in [1.54, 1.807) is 0 Å². The predicted molar refractivity (Wildman–Crippen MR) is 70.8 cm³/mol. The first-order chi connectivity index (χ1) is 7.92. The molecule has 1 saturated carbocycles. The molecular weight excluding hydrogens is 282 g/mol. The number of hydrogen-bond donors (Lipinski definition) is 0. The van der Waals surface area contributed by atoms with Gasteiger partial charge in [-0.05, 0) is 61.7 Å². The second-order valence-corrected chi connectivity index (χ2v) is 5.92. The molecule has 94 valence electrons. The van der Waals surface area contributed by atoms with Crippen LogP contribution in [0.3, 0.4) is 0 Å². The highest BCUT2D eigenvalue weighted by atomic mass is 79.9. The second-order valence-electron chi connectivity index (χ2n) is 5.00. The van der Waals surface area contributed by atoms with Gasteiger partial charge >= 0.3 is 0 Å². The van der Waals surface area contributed by atoms with Crippen LogP contribution in [-0.4, -0.2) is 17.1 Å². The van der Waals surface area contributed by atoms with Crippen molar-refractivity contribution in [3.63, 3.8) is 0 Å². The number of ether oxygens (including phenoxy) is 1. The van der Waals surface area contributed by atoms with Crippen molar-refractivity contribution < 1.29 is 9.53 Å². The van der Waals surface area contributed by atoms with Crippen molar-refractivity contribution in [2.24, 2.45) is 0 Å². The van der Waals surface area contributed by atoms with E-state index in [4.69, 9.17) is 0 Å². The lowest BCUT2D eigenvalue weighted by Gasteiger charge is -2.14. The summed E-state index contributed by atoms with van der Waals surface area (Å²) >= 11 is 3.35. The number of nitrogens with zero attached hydrogens (tertiary/aromatic N) is 1. The molecule has 0 N–H and O–H groups in total. The number of carbonyl (C=O) groups excluding carboxylic acids is 1. The average Bonchev–Trinajstić information content (AvgIpc) is 3.01. The summed E-state index contributed by atoms with van der Waals surface area (Å²) in [6, 6.07) is 4.16. The molecule has 0 atom stereocenters. The van der Waals surface area contributed by atoms with E-state index in [0.717, 1.165) is 10.4 Å². The van der Waals surface area contributed by atoms with Gasteiger partial charge < -0.3 is 4.74 Å². The van der Waals surface area contributed by atoms with Crippen molar-refractivity contribution in [3.8, 4) is 0 Å². The monoisotopic (exact) mass is 299 g/mol. The number of carbonyl (C=O) groups is 1. The van der Waals surface area contributed by atoms with E-state index >= 15 is 0 Å². The molecule has 0 aromatic carbocycles. The highest BCUT2D eigenvalue weighted by Crippen LogP contribution is 2.38. The molecular formula is C13H18BrNO2. The lowest BCUT2D eigenvalue weighted by Crippen LogP contribution is -2.17. The van der Waals surface area contributed by atoms with Gasteiger partial charge in [-0.25, -0.2) is 0 Å². The van der Waals surface area contributed by atoms with E-state index in [1.165, 1.54) is 18.5 Å². The second kappa shape index (κ2) is 6.15. The Morgan fingerprint density at radius 3 is 2.35 bits per heavy atom. The van der Waals surface area contributed by atoms with Crippen molar-refractivity contribution in [2.75, 3.05) is 0 Å². The molecule has 1 fully saturated rings. The highest BCUT2D eigenvalue weighted by molar-refractivity contribution is 9.10. The number of aromatic nitrogens is 1. The molecule has 17 heavy (non-hydrogen) atoms. The van der Waals surface area contributed by atoms with Crippen molar-refractivity contribution in [1.82, 2.24) is 4.98 Å². The molecule has 1 aromatic heterocycles. The summed E-state index contributed by atoms with van der Waals surface area (Å²) in [6.07, 6.45) is 4.52. The van der Waals surface area contributed by atoms with E-state index < -0.39 is 0 Å². The molecule has 0 saturated heterocycles. The first kappa shape index (κ1) is 14.2. The third-order valence-corrected chi connectivity index (χ3v) is 2.62. The van der Waals surface area contributed by atoms with Crippen LogP contribution in [0.5, 0.6) is 0 Å². The Labute approximate surface area is 111 Å². The minimum Gasteiger partial charge on any atom is -0.462 e. The van der Waals surface area contributed by atoms with E-state index in [0.29, 0.717) is 6.47 Å². The van der Waals surface area contributed by atoms with E-state index in [2.05, 4.69) is 37.8 Å². The molecule has 4 heteroatoms. The number of halogens is 1. The molecule has 3 nitrogen and oxygen atoms in total. The fourth-order valence-corrected chi connectivity index (χ4v) is 1.39. The van der Waals surface area contributed by atoms with E-state index in [-0.39, 0.29) is 5.60 Å². The molecule has 0 aliphatic heterocycles. The van der Waals surface area contributed by atoms with Gasteiger partial charge in [0, 0.05) is 22.3 Å². The SMILES string of the molecule is Brc1ccc(C2CC2)nc1.CC(C)(C)OC=O. The molecule has 1 aliphatic carbocycles. The zero-order chi connectivity index (χ0) is 12.9. The fraction of sp³-hybridized carbons (Fsp3) is 0.538. The average molecular weight is 300 g/mol. The lowest BCUT2D eigenvalue weighted by molar-refractivity contribution is -0.138. The first-order valence-electron chi connectivity index (χ1n) is 5.65. The zero-order valence-electron chi connectivity index (χ0n) is 10.4. The van der Waals surface area contributed by atoms with Crippen LogP contribution in [-0.2, 0) is 9.53 Å². The Balaban J connectivity index is 0.000000185. The van der Waals surface area contributed by atoms with E-state index in [1.807, 2.05) is 27.0 Å². The maximum absolute atomic E-state index is 9.60. The summed E-state index contributed by atoms with van der Waals surface area (Å²) in [5.41, 5.74) is 0.935. The third kappa shape index (κ3) is 6.41. The topological polar surface area (TPSA) is 39.2 Å². The van der Waals surface area contributed by atoms with Gasteiger partial charge in [0.15, 0.2) is 0 Å². The van der Waals surface area contributed by atoms with E-state index in [9.17, 15) is 4.79 Å². The van der Waals surface area contributed by atoms with Gasteiger partial charge in [0.25, 0.3) is 6.47 Å². The number of pyridine rings is 1. The Bertz CT molecular complexity index is 353. The van der Waals surface area contributed by atoms with Gasteiger partial charge in [-0.1, -0.05) is 0 Å². The summed E-state index contributed by atoms with van der Waals surface area (Å²) in [4.78, 5) is 13.9. The minimum absolute atomic E-state index is 0.318. The smallest absolute Gasteiger partial charge is 0.293 e. The van der Waals surface area contributed by atoms with Gasteiger partial charge in [-0.15, -0.1) is 0 Å². The Kier molecular flexibility index (Phi) is 5.12. The third-order valence-electron chi connectivity index (χ3n) is 2.15. The highest BCUT2D eigenvalue weighted by Gasteiger charge is 2.24. The van der Waals surface area contributed by atoms with Gasteiger partial charge in [-0.3, -0.25) is 9.78 Å². The Morgan fingerprint density at radius 1 is 1.41 bits per heavy atom. The first-order valence-corrected chi connectivity index (χ1v) is 6.44. The summed E-state index contributed by atoms with van der Waals surface area (Å²) in [7, 11) is 0. The predicted octanol–water partition coefficient (Wildman–Crippen LogP) is 3.68. The molecule has 0 bridgehead atoms. The van der Waals surface area contributed by atoms with Crippen molar-refractivity contribution >= 4 is 22.4 Å². The summed E-state index contributed by atoms with van der Waals surface area (Å²) in [5.74, 6) is 0.771. The Hall–Kier alpha value is -0.900. The molecule has 0 spiro atoms. The van der Waals surface area contributed by atoms with Gasteiger partial charge in [-0.2, -0.15) is 0 Å². The maximum Gasteiger partial charge on any atom is 0.293 e. The Morgan fingerprint density at radius 2 is 2.06 bits per heavy atom. The summed E-state index contributed by atoms with van der Waals surface area (Å²) in [6.45, 7) is 5.92. The van der Waals surface area contributed by atoms with Crippen LogP contribution in [0.2, 0.25) is 0 Å². The van der Waals surface area contributed by atoms with Crippen LogP contribution in [0.25, 0.3) is 0 Å². The molecule has 1 aliphatic rings. The summed E-state index contributed by atoms with van der Waals surface area (Å²) < 4.78 is 5.62. The van der Waals surface area contributed by atoms with Crippen LogP contribution in [0.1, 0.15) is 45.2 Å². The maximum atomic E-state index is 9.60. The van der Waals surface area contributed by atoms with Crippen molar-refractivity contribution in [2.45, 2.75) is 45.1 Å². The minimum atomic E-state index is -0.318. The molecule has 0 radical (unpaired) electrons. The standard InChI is InChI=1S/C8H8BrN.C5H10O2/c9-7-3-4-8(10-5-7)6-1-2-6;1-5(2,3)7-4-6/h3-6H,1-2H2;4H,1-3H3. The fourth-order valence-electron chi connectivity index (χ4n) is 1.15. The summed E-state index contributed by atoms with van der Waals surface area (Å²) in [5, 5.41) is 0. The normalized spacial score (nSPS) is 14.6. The number of rotatable bonds is 2. The van der Waals surface area contributed by atoms with Gasteiger partial charge in [0.2, 0.25) is 0 Å². The largest absolute Gasteiger partial charge is 0.462 e. The lowest BCUT2D eigenvalue weighted by atomic mass is 10.2. The van der Waals surface area contributed by atoms with Crippen LogP contribution in [0.4, 0.5) is 0 Å². The molecule has 1 heterocycles. The van der Waals surface area contributed by atoms with Crippen LogP contribution in [0, 0.1) is 0 Å². The van der Waals surface area contributed by atoms with Gasteiger partial charge in [0.05, 0.1) is 0 Å². The quantitative estimate of drug-likeness (QED) is 0.782. The van der Waals surface area contributed by atoms with Crippen LogP contribution in [0.15, 0.2) is 22.8 Å². The molecule has 0 unspecified atom stereocenters.